The number of anilines is 1. The van der Waals surface area contributed by atoms with E-state index in [-0.39, 0.29) is 0 Å². The third-order valence-corrected chi connectivity index (χ3v) is 4.93. The Kier molecular flexibility index (Phi) is 3.77. The number of tetrazole rings is 1. The van der Waals surface area contributed by atoms with Crippen molar-refractivity contribution in [3.8, 4) is 0 Å². The fourth-order valence-corrected chi connectivity index (χ4v) is 3.50. The summed E-state index contributed by atoms with van der Waals surface area (Å²) >= 11 is 0. The average Bonchev–Trinajstić information content (AvgIpc) is 3.12. The van der Waals surface area contributed by atoms with Crippen LogP contribution >= 0.6 is 0 Å². The smallest absolute Gasteiger partial charge is 0.165 e. The van der Waals surface area contributed by atoms with Crippen molar-refractivity contribution in [2.24, 2.45) is 0 Å². The monoisotopic (exact) mass is 312 g/mol. The van der Waals surface area contributed by atoms with E-state index in [1.54, 1.807) is 0 Å². The van der Waals surface area contributed by atoms with Crippen molar-refractivity contribution in [1.29, 1.82) is 0 Å². The van der Waals surface area contributed by atoms with Gasteiger partial charge in [0.05, 0.1) is 12.6 Å². The molecule has 0 unspecified atom stereocenters. The topological polar surface area (TPSA) is 50.1 Å². The standard InChI is InChI=1S/C17H24N6/c1-21(2)15-6-3-5-13(11-15)16-7-4-10-22(16)12-17-18-19-20-23(17)14-8-9-14/h3,5-6,11,14,16H,4,7-10,12H2,1-2H3/t16-/m0/s1. The van der Waals surface area contributed by atoms with Crippen LogP contribution in [0.15, 0.2) is 24.3 Å². The molecule has 1 atom stereocenters. The number of hydrogen-bond donors (Lipinski definition) is 0. The molecule has 0 bridgehead atoms. The van der Waals surface area contributed by atoms with E-state index in [1.807, 2.05) is 4.68 Å². The maximum atomic E-state index is 4.27. The first-order valence-electron chi connectivity index (χ1n) is 8.50. The van der Waals surface area contributed by atoms with Crippen molar-refractivity contribution in [1.82, 2.24) is 25.1 Å². The summed E-state index contributed by atoms with van der Waals surface area (Å²) in [6.45, 7) is 1.97. The van der Waals surface area contributed by atoms with Gasteiger partial charge in [0, 0.05) is 25.8 Å². The summed E-state index contributed by atoms with van der Waals surface area (Å²) in [5.74, 6) is 1.02. The Bertz CT molecular complexity index is 675. The zero-order valence-corrected chi connectivity index (χ0v) is 13.9. The Hall–Kier alpha value is -1.95. The molecule has 6 heteroatoms. The SMILES string of the molecule is CN(C)c1cccc([C@@H]2CCCN2Cc2nnnn2C2CC2)c1. The van der Waals surface area contributed by atoms with Crippen LogP contribution in [0.1, 0.15) is 49.2 Å². The lowest BCUT2D eigenvalue weighted by Gasteiger charge is -2.25. The van der Waals surface area contributed by atoms with E-state index in [1.165, 1.54) is 36.9 Å². The molecule has 0 amide bonds. The van der Waals surface area contributed by atoms with Gasteiger partial charge in [-0.15, -0.1) is 5.10 Å². The second kappa shape index (κ2) is 5.92. The van der Waals surface area contributed by atoms with Gasteiger partial charge in [0.25, 0.3) is 0 Å². The van der Waals surface area contributed by atoms with Crippen LogP contribution in [0.3, 0.4) is 0 Å². The Morgan fingerprint density at radius 1 is 1.22 bits per heavy atom. The van der Waals surface area contributed by atoms with E-state index < -0.39 is 0 Å². The van der Waals surface area contributed by atoms with Gasteiger partial charge in [0.15, 0.2) is 5.82 Å². The number of likely N-dealkylation sites (tertiary alicyclic amines) is 1. The molecule has 122 valence electrons. The van der Waals surface area contributed by atoms with Crippen LogP contribution < -0.4 is 4.90 Å². The van der Waals surface area contributed by atoms with Crippen molar-refractivity contribution in [3.05, 3.63) is 35.7 Å². The first-order valence-corrected chi connectivity index (χ1v) is 8.50. The normalized spacial score (nSPS) is 21.7. The molecule has 1 saturated heterocycles. The Morgan fingerprint density at radius 3 is 2.87 bits per heavy atom. The summed E-state index contributed by atoms with van der Waals surface area (Å²) < 4.78 is 2.03. The molecule has 1 aliphatic carbocycles. The third kappa shape index (κ3) is 2.95. The molecular formula is C17H24N6. The second-order valence-corrected chi connectivity index (χ2v) is 6.89. The molecule has 0 radical (unpaired) electrons. The molecule has 6 nitrogen and oxygen atoms in total. The first-order chi connectivity index (χ1) is 11.2. The van der Waals surface area contributed by atoms with E-state index in [4.69, 9.17) is 0 Å². The van der Waals surface area contributed by atoms with Crippen LogP contribution in [-0.2, 0) is 6.54 Å². The molecule has 0 N–H and O–H groups in total. The summed E-state index contributed by atoms with van der Waals surface area (Å²) in [4.78, 5) is 4.69. The fourth-order valence-electron chi connectivity index (χ4n) is 3.50. The minimum absolute atomic E-state index is 0.472. The maximum absolute atomic E-state index is 4.27. The molecule has 2 heterocycles. The number of benzene rings is 1. The van der Waals surface area contributed by atoms with Crippen LogP contribution in [0.5, 0.6) is 0 Å². The summed E-state index contributed by atoms with van der Waals surface area (Å²) in [7, 11) is 4.19. The van der Waals surface area contributed by atoms with E-state index >= 15 is 0 Å². The quantitative estimate of drug-likeness (QED) is 0.848. The van der Waals surface area contributed by atoms with Gasteiger partial charge >= 0.3 is 0 Å². The van der Waals surface area contributed by atoms with Gasteiger partial charge in [-0.25, -0.2) is 4.68 Å². The molecule has 4 rings (SSSR count). The van der Waals surface area contributed by atoms with Gasteiger partial charge in [-0.05, 0) is 60.4 Å². The summed E-state index contributed by atoms with van der Waals surface area (Å²) in [5, 5.41) is 12.3. The van der Waals surface area contributed by atoms with Crippen molar-refractivity contribution in [2.75, 3.05) is 25.5 Å². The maximum Gasteiger partial charge on any atom is 0.165 e. The highest BCUT2D eigenvalue weighted by Gasteiger charge is 2.31. The number of nitrogens with zero attached hydrogens (tertiary/aromatic N) is 6. The lowest BCUT2D eigenvalue weighted by Crippen LogP contribution is -2.25. The van der Waals surface area contributed by atoms with Gasteiger partial charge in [-0.1, -0.05) is 12.1 Å². The Labute approximate surface area is 137 Å². The molecule has 2 aromatic rings. The largest absolute Gasteiger partial charge is 0.378 e. The van der Waals surface area contributed by atoms with Crippen molar-refractivity contribution in [2.45, 2.75) is 44.3 Å². The van der Waals surface area contributed by atoms with Crippen LogP contribution in [-0.4, -0.2) is 45.7 Å². The average molecular weight is 312 g/mol. The number of hydrogen-bond acceptors (Lipinski definition) is 5. The van der Waals surface area contributed by atoms with Crippen LogP contribution in [0, 0.1) is 0 Å². The zero-order valence-electron chi connectivity index (χ0n) is 13.9. The van der Waals surface area contributed by atoms with E-state index in [9.17, 15) is 0 Å². The first kappa shape index (κ1) is 14.6. The number of aromatic nitrogens is 4. The van der Waals surface area contributed by atoms with Crippen molar-refractivity contribution >= 4 is 5.69 Å². The van der Waals surface area contributed by atoms with Crippen LogP contribution in [0.4, 0.5) is 5.69 Å². The summed E-state index contributed by atoms with van der Waals surface area (Å²) in [6, 6.07) is 9.90. The Morgan fingerprint density at radius 2 is 2.09 bits per heavy atom. The van der Waals surface area contributed by atoms with Gasteiger partial charge < -0.3 is 4.90 Å². The molecule has 23 heavy (non-hydrogen) atoms. The summed E-state index contributed by atoms with van der Waals surface area (Å²) in [5.41, 5.74) is 2.66. The highest BCUT2D eigenvalue weighted by molar-refractivity contribution is 5.48. The highest BCUT2D eigenvalue weighted by Crippen LogP contribution is 2.37. The second-order valence-electron chi connectivity index (χ2n) is 6.89. The third-order valence-electron chi connectivity index (χ3n) is 4.93. The van der Waals surface area contributed by atoms with Crippen LogP contribution in [0.2, 0.25) is 0 Å². The van der Waals surface area contributed by atoms with E-state index in [0.717, 1.165) is 18.9 Å². The highest BCUT2D eigenvalue weighted by atomic mass is 15.6. The summed E-state index contributed by atoms with van der Waals surface area (Å²) in [6.07, 6.45) is 4.88. The zero-order chi connectivity index (χ0) is 15.8. The molecule has 2 fully saturated rings. The number of rotatable bonds is 5. The van der Waals surface area contributed by atoms with Gasteiger partial charge in [-0.3, -0.25) is 4.90 Å². The minimum Gasteiger partial charge on any atom is -0.378 e. The van der Waals surface area contributed by atoms with Gasteiger partial charge in [0.1, 0.15) is 0 Å². The fraction of sp³-hybridized carbons (Fsp3) is 0.588. The Balaban J connectivity index is 1.54. The molecular weight excluding hydrogens is 288 g/mol. The van der Waals surface area contributed by atoms with E-state index in [0.29, 0.717) is 12.1 Å². The molecule has 1 aromatic heterocycles. The molecule has 0 spiro atoms. The predicted octanol–water partition coefficient (Wildman–Crippen LogP) is 2.41. The van der Waals surface area contributed by atoms with Gasteiger partial charge in [-0.2, -0.15) is 0 Å². The molecule has 1 aromatic carbocycles. The lowest BCUT2D eigenvalue weighted by atomic mass is 10.0. The molecule has 1 saturated carbocycles. The molecule has 1 aliphatic heterocycles. The van der Waals surface area contributed by atoms with Crippen LogP contribution in [0.25, 0.3) is 0 Å². The van der Waals surface area contributed by atoms with Crippen molar-refractivity contribution < 1.29 is 0 Å². The predicted molar refractivity (Wildman–Crippen MR) is 89.2 cm³/mol. The molecule has 2 aliphatic rings. The minimum atomic E-state index is 0.472. The van der Waals surface area contributed by atoms with E-state index in [2.05, 4.69) is 63.7 Å². The van der Waals surface area contributed by atoms with Gasteiger partial charge in [0.2, 0.25) is 0 Å². The van der Waals surface area contributed by atoms with Crippen molar-refractivity contribution in [3.63, 3.8) is 0 Å². The lowest BCUT2D eigenvalue weighted by molar-refractivity contribution is 0.237.